The second-order valence-corrected chi connectivity index (χ2v) is 4.82. The Balaban J connectivity index is 2.20. The van der Waals surface area contributed by atoms with E-state index in [1.807, 2.05) is 6.07 Å². The zero-order chi connectivity index (χ0) is 13.1. The molecule has 1 aromatic rings. The highest BCUT2D eigenvalue weighted by Gasteiger charge is 2.20. The number of benzene rings is 1. The van der Waals surface area contributed by atoms with Gasteiger partial charge in [0, 0.05) is 12.5 Å². The molecule has 1 unspecified atom stereocenters. The van der Waals surface area contributed by atoms with Crippen LogP contribution in [0.3, 0.4) is 0 Å². The van der Waals surface area contributed by atoms with Gasteiger partial charge in [-0.2, -0.15) is 0 Å². The van der Waals surface area contributed by atoms with E-state index in [2.05, 4.69) is 15.9 Å². The number of rotatable bonds is 4. The number of carboxylic acid groups (broad SMARTS) is 1. The van der Waals surface area contributed by atoms with Crippen LogP contribution in [0.25, 0.3) is 0 Å². The van der Waals surface area contributed by atoms with Crippen LogP contribution in [0.2, 0.25) is 0 Å². The Morgan fingerprint density at radius 3 is 2.89 bits per heavy atom. The zero-order valence-electron chi connectivity index (χ0n) is 9.69. The maximum Gasteiger partial charge on any atom is 0.303 e. The lowest BCUT2D eigenvalue weighted by Gasteiger charge is -2.22. The number of nitrogens with two attached hydrogens (primary N) is 1. The van der Waals surface area contributed by atoms with Crippen LogP contribution in [-0.4, -0.2) is 24.3 Å². The normalized spacial score (nSPS) is 15.2. The van der Waals surface area contributed by atoms with Crippen LogP contribution in [0.15, 0.2) is 16.6 Å². The summed E-state index contributed by atoms with van der Waals surface area (Å²) in [6.45, 7) is 1.03. The van der Waals surface area contributed by atoms with Gasteiger partial charge in [0.25, 0.3) is 0 Å². The molecule has 98 valence electrons. The van der Waals surface area contributed by atoms with Crippen molar-refractivity contribution in [2.24, 2.45) is 5.73 Å². The number of carboxylic acids is 1. The molecule has 0 fully saturated rings. The van der Waals surface area contributed by atoms with Gasteiger partial charge in [-0.1, -0.05) is 6.07 Å². The fraction of sp³-hybridized carbons (Fsp3) is 0.417. The van der Waals surface area contributed by atoms with Gasteiger partial charge in [0.15, 0.2) is 11.5 Å². The topological polar surface area (TPSA) is 81.8 Å². The number of hydrogen-bond donors (Lipinski definition) is 2. The first kappa shape index (κ1) is 13.2. The van der Waals surface area contributed by atoms with E-state index in [0.717, 1.165) is 10.0 Å². The van der Waals surface area contributed by atoms with Crippen LogP contribution in [0.1, 0.15) is 24.4 Å². The Bertz CT molecular complexity index is 464. The van der Waals surface area contributed by atoms with E-state index in [1.165, 1.54) is 0 Å². The highest BCUT2D eigenvalue weighted by Crippen LogP contribution is 2.41. The van der Waals surface area contributed by atoms with E-state index in [-0.39, 0.29) is 12.5 Å². The molecule has 1 aliphatic heterocycles. The van der Waals surface area contributed by atoms with Crippen molar-refractivity contribution >= 4 is 21.9 Å². The highest BCUT2D eigenvalue weighted by molar-refractivity contribution is 9.10. The van der Waals surface area contributed by atoms with Gasteiger partial charge in [-0.3, -0.25) is 4.79 Å². The predicted octanol–water partition coefficient (Wildman–Crippen LogP) is 2.08. The van der Waals surface area contributed by atoms with Crippen molar-refractivity contribution in [2.75, 3.05) is 13.2 Å². The lowest BCUT2D eigenvalue weighted by molar-refractivity contribution is -0.137. The Labute approximate surface area is 113 Å². The molecule has 0 aromatic heterocycles. The van der Waals surface area contributed by atoms with Gasteiger partial charge >= 0.3 is 5.97 Å². The Hall–Kier alpha value is -1.27. The lowest BCUT2D eigenvalue weighted by Crippen LogP contribution is -2.18. The van der Waals surface area contributed by atoms with Crippen molar-refractivity contribution < 1.29 is 19.4 Å². The molecule has 2 rings (SSSR count). The van der Waals surface area contributed by atoms with E-state index in [4.69, 9.17) is 20.3 Å². The molecule has 1 atom stereocenters. The van der Waals surface area contributed by atoms with E-state index in [0.29, 0.717) is 31.1 Å². The average molecular weight is 316 g/mol. The summed E-state index contributed by atoms with van der Waals surface area (Å²) < 4.78 is 11.7. The maximum absolute atomic E-state index is 10.5. The SMILES string of the molecule is NC(CCC(=O)O)c1ccc2c(c1Br)OCCO2. The molecule has 1 aliphatic rings. The number of aliphatic carboxylic acids is 1. The lowest BCUT2D eigenvalue weighted by atomic mass is 10.0. The third-order valence-electron chi connectivity index (χ3n) is 2.75. The van der Waals surface area contributed by atoms with Crippen molar-refractivity contribution in [3.8, 4) is 11.5 Å². The molecule has 0 spiro atoms. The molecule has 0 aliphatic carbocycles. The predicted molar refractivity (Wildman–Crippen MR) is 68.9 cm³/mol. The summed E-state index contributed by atoms with van der Waals surface area (Å²) in [5.41, 5.74) is 6.82. The third kappa shape index (κ3) is 2.76. The Morgan fingerprint density at radius 1 is 1.44 bits per heavy atom. The van der Waals surface area contributed by atoms with Crippen LogP contribution < -0.4 is 15.2 Å². The first-order chi connectivity index (χ1) is 8.59. The molecule has 0 saturated carbocycles. The van der Waals surface area contributed by atoms with E-state index >= 15 is 0 Å². The monoisotopic (exact) mass is 315 g/mol. The van der Waals surface area contributed by atoms with Gasteiger partial charge in [0.05, 0.1) is 4.47 Å². The number of hydrogen-bond acceptors (Lipinski definition) is 4. The third-order valence-corrected chi connectivity index (χ3v) is 3.56. The summed E-state index contributed by atoms with van der Waals surface area (Å²) in [5, 5.41) is 8.66. The number of halogens is 1. The van der Waals surface area contributed by atoms with E-state index in [9.17, 15) is 4.79 Å². The van der Waals surface area contributed by atoms with Crippen LogP contribution in [-0.2, 0) is 4.79 Å². The molecule has 18 heavy (non-hydrogen) atoms. The Kier molecular flexibility index (Phi) is 4.08. The molecule has 0 saturated heterocycles. The number of carbonyl (C=O) groups is 1. The minimum Gasteiger partial charge on any atom is -0.486 e. The molecular weight excluding hydrogens is 302 g/mol. The Morgan fingerprint density at radius 2 is 2.17 bits per heavy atom. The maximum atomic E-state index is 10.5. The largest absolute Gasteiger partial charge is 0.486 e. The van der Waals surface area contributed by atoms with Crippen LogP contribution in [0, 0.1) is 0 Å². The number of ether oxygens (including phenoxy) is 2. The standard InChI is InChI=1S/C12H14BrNO4/c13-11-7(8(14)2-4-10(15)16)1-3-9-12(11)18-6-5-17-9/h1,3,8H,2,4-6,14H2,(H,15,16). The van der Waals surface area contributed by atoms with Crippen molar-refractivity contribution in [1.29, 1.82) is 0 Å². The van der Waals surface area contributed by atoms with Gasteiger partial charge in [-0.25, -0.2) is 0 Å². The fourth-order valence-electron chi connectivity index (χ4n) is 1.82. The van der Waals surface area contributed by atoms with Crippen LogP contribution in [0.5, 0.6) is 11.5 Å². The van der Waals surface area contributed by atoms with Crippen molar-refractivity contribution in [3.63, 3.8) is 0 Å². The summed E-state index contributed by atoms with van der Waals surface area (Å²) in [6.07, 6.45) is 0.426. The summed E-state index contributed by atoms with van der Waals surface area (Å²) in [7, 11) is 0. The summed E-state index contributed by atoms with van der Waals surface area (Å²) >= 11 is 3.44. The molecule has 0 amide bonds. The molecular formula is C12H14BrNO4. The van der Waals surface area contributed by atoms with Crippen molar-refractivity contribution in [3.05, 3.63) is 22.2 Å². The summed E-state index contributed by atoms with van der Waals surface area (Å²) in [6, 6.07) is 3.30. The quantitative estimate of drug-likeness (QED) is 0.889. The zero-order valence-corrected chi connectivity index (χ0v) is 11.3. The van der Waals surface area contributed by atoms with Gasteiger partial charge in [0.1, 0.15) is 13.2 Å². The molecule has 6 heteroatoms. The smallest absolute Gasteiger partial charge is 0.303 e. The van der Waals surface area contributed by atoms with Crippen molar-refractivity contribution in [2.45, 2.75) is 18.9 Å². The highest BCUT2D eigenvalue weighted by atomic mass is 79.9. The molecule has 0 bridgehead atoms. The summed E-state index contributed by atoms with van der Waals surface area (Å²) in [5.74, 6) is 0.478. The average Bonchev–Trinajstić information content (AvgIpc) is 2.37. The minimum absolute atomic E-state index is 0.0437. The van der Waals surface area contributed by atoms with E-state index < -0.39 is 5.97 Å². The van der Waals surface area contributed by atoms with Gasteiger partial charge in [0.2, 0.25) is 0 Å². The second kappa shape index (κ2) is 5.58. The fourth-order valence-corrected chi connectivity index (χ4v) is 2.55. The van der Waals surface area contributed by atoms with Gasteiger partial charge in [-0.05, 0) is 34.0 Å². The molecule has 1 heterocycles. The molecule has 0 radical (unpaired) electrons. The van der Waals surface area contributed by atoms with Crippen LogP contribution >= 0.6 is 15.9 Å². The number of fused-ring (bicyclic) bond motifs is 1. The first-order valence-electron chi connectivity index (χ1n) is 5.65. The molecule has 1 aromatic carbocycles. The minimum atomic E-state index is -0.848. The molecule has 3 N–H and O–H groups in total. The summed E-state index contributed by atoms with van der Waals surface area (Å²) in [4.78, 5) is 10.5. The second-order valence-electron chi connectivity index (χ2n) is 4.03. The first-order valence-corrected chi connectivity index (χ1v) is 6.44. The van der Waals surface area contributed by atoms with E-state index in [1.54, 1.807) is 6.07 Å². The van der Waals surface area contributed by atoms with Crippen LogP contribution in [0.4, 0.5) is 0 Å². The van der Waals surface area contributed by atoms with Gasteiger partial charge < -0.3 is 20.3 Å². The van der Waals surface area contributed by atoms with Gasteiger partial charge in [-0.15, -0.1) is 0 Å². The molecule has 5 nitrogen and oxygen atoms in total. The van der Waals surface area contributed by atoms with Crippen molar-refractivity contribution in [1.82, 2.24) is 0 Å².